The fraction of sp³-hybridized carbons (Fsp3) is 0.0714. The number of anilines is 2. The third-order valence-electron chi connectivity index (χ3n) is 2.45. The lowest BCUT2D eigenvalue weighted by Crippen LogP contribution is -2.19. The van der Waals surface area contributed by atoms with E-state index in [4.69, 9.17) is 12.2 Å². The molecule has 116 valence electrons. The van der Waals surface area contributed by atoms with Crippen LogP contribution in [0, 0.1) is 0 Å². The van der Waals surface area contributed by atoms with Crippen LogP contribution in [0.1, 0.15) is 0 Å². The van der Waals surface area contributed by atoms with Crippen LogP contribution in [0.2, 0.25) is 0 Å². The quantitative estimate of drug-likeness (QED) is 0.709. The van der Waals surface area contributed by atoms with Gasteiger partial charge in [-0.1, -0.05) is 15.9 Å². The van der Waals surface area contributed by atoms with Crippen LogP contribution in [0.15, 0.2) is 53.0 Å². The van der Waals surface area contributed by atoms with Gasteiger partial charge in [0.2, 0.25) is 0 Å². The lowest BCUT2D eigenvalue weighted by Gasteiger charge is -2.12. The van der Waals surface area contributed by atoms with Crippen molar-refractivity contribution < 1.29 is 17.9 Å². The Morgan fingerprint density at radius 1 is 0.909 bits per heavy atom. The van der Waals surface area contributed by atoms with Crippen LogP contribution >= 0.6 is 28.1 Å². The molecule has 0 amide bonds. The smallest absolute Gasteiger partial charge is 0.406 e. The minimum absolute atomic E-state index is 0.287. The Labute approximate surface area is 138 Å². The van der Waals surface area contributed by atoms with Gasteiger partial charge < -0.3 is 15.4 Å². The van der Waals surface area contributed by atoms with Crippen LogP contribution in [0.3, 0.4) is 0 Å². The average Bonchev–Trinajstić information content (AvgIpc) is 2.42. The van der Waals surface area contributed by atoms with E-state index in [1.165, 1.54) is 24.3 Å². The standard InChI is InChI=1S/C14H10BrF3N2OS/c15-9-1-3-10(4-2-9)19-13(22)20-11-5-7-12(8-6-11)21-14(16,17)18/h1-8H,(H2,19,20,22). The summed E-state index contributed by atoms with van der Waals surface area (Å²) < 4.78 is 40.9. The fourth-order valence-electron chi connectivity index (χ4n) is 1.57. The number of hydrogen-bond acceptors (Lipinski definition) is 2. The zero-order valence-electron chi connectivity index (χ0n) is 10.9. The van der Waals surface area contributed by atoms with Crippen molar-refractivity contribution in [1.82, 2.24) is 0 Å². The Balaban J connectivity index is 1.93. The van der Waals surface area contributed by atoms with Gasteiger partial charge in [-0.2, -0.15) is 0 Å². The summed E-state index contributed by atoms with van der Waals surface area (Å²) in [4.78, 5) is 0. The molecule has 8 heteroatoms. The summed E-state index contributed by atoms with van der Waals surface area (Å²) in [7, 11) is 0. The SMILES string of the molecule is FC(F)(F)Oc1ccc(NC(=S)Nc2ccc(Br)cc2)cc1. The molecule has 0 unspecified atom stereocenters. The van der Waals surface area contributed by atoms with Crippen molar-refractivity contribution in [2.75, 3.05) is 10.6 Å². The van der Waals surface area contributed by atoms with Crippen molar-refractivity contribution in [2.24, 2.45) is 0 Å². The number of hydrogen-bond donors (Lipinski definition) is 2. The molecule has 0 radical (unpaired) electrons. The van der Waals surface area contributed by atoms with Crippen molar-refractivity contribution >= 4 is 44.6 Å². The molecule has 2 aromatic carbocycles. The monoisotopic (exact) mass is 390 g/mol. The molecule has 0 bridgehead atoms. The van der Waals surface area contributed by atoms with Crippen LogP contribution in [0.5, 0.6) is 5.75 Å². The van der Waals surface area contributed by atoms with E-state index in [2.05, 4.69) is 31.3 Å². The van der Waals surface area contributed by atoms with Crippen LogP contribution in [-0.4, -0.2) is 11.5 Å². The van der Waals surface area contributed by atoms with Crippen molar-refractivity contribution in [1.29, 1.82) is 0 Å². The normalized spacial score (nSPS) is 10.9. The average molecular weight is 391 g/mol. The topological polar surface area (TPSA) is 33.3 Å². The minimum Gasteiger partial charge on any atom is -0.406 e. The number of benzene rings is 2. The fourth-order valence-corrected chi connectivity index (χ4v) is 2.07. The molecule has 0 aromatic heterocycles. The highest BCUT2D eigenvalue weighted by Crippen LogP contribution is 2.24. The van der Waals surface area contributed by atoms with Crippen LogP contribution in [0.25, 0.3) is 0 Å². The number of rotatable bonds is 3. The van der Waals surface area contributed by atoms with Crippen molar-refractivity contribution in [3.8, 4) is 5.75 Å². The molecule has 3 nitrogen and oxygen atoms in total. The Morgan fingerprint density at radius 3 is 1.82 bits per heavy atom. The second kappa shape index (κ2) is 6.97. The number of halogens is 4. The van der Waals surface area contributed by atoms with Gasteiger partial charge in [-0.15, -0.1) is 13.2 Å². The molecule has 0 heterocycles. The molecule has 0 spiro atoms. The molecule has 0 aliphatic rings. The highest BCUT2D eigenvalue weighted by atomic mass is 79.9. The van der Waals surface area contributed by atoms with Crippen molar-refractivity contribution in [2.45, 2.75) is 6.36 Å². The summed E-state index contributed by atoms with van der Waals surface area (Å²) >= 11 is 8.45. The Hall–Kier alpha value is -1.80. The first-order chi connectivity index (χ1) is 10.3. The highest BCUT2D eigenvalue weighted by molar-refractivity contribution is 9.10. The molecular weight excluding hydrogens is 381 g/mol. The summed E-state index contributed by atoms with van der Waals surface area (Å²) in [5.41, 5.74) is 1.34. The van der Waals surface area contributed by atoms with Crippen LogP contribution < -0.4 is 15.4 Å². The van der Waals surface area contributed by atoms with E-state index in [0.717, 1.165) is 10.2 Å². The van der Waals surface area contributed by atoms with Gasteiger partial charge in [-0.05, 0) is 60.7 Å². The maximum atomic E-state index is 12.1. The van der Waals surface area contributed by atoms with Gasteiger partial charge >= 0.3 is 6.36 Å². The third-order valence-corrected chi connectivity index (χ3v) is 3.18. The van der Waals surface area contributed by atoms with E-state index >= 15 is 0 Å². The molecule has 0 saturated carbocycles. The summed E-state index contributed by atoms with van der Waals surface area (Å²) in [6.45, 7) is 0. The highest BCUT2D eigenvalue weighted by Gasteiger charge is 2.30. The van der Waals surface area contributed by atoms with Crippen LogP contribution in [0.4, 0.5) is 24.5 Å². The summed E-state index contributed by atoms with van der Waals surface area (Å²) in [6.07, 6.45) is -4.70. The van der Waals surface area contributed by atoms with Gasteiger partial charge in [-0.3, -0.25) is 0 Å². The molecule has 0 aliphatic carbocycles. The first kappa shape index (κ1) is 16.6. The Bertz CT molecular complexity index is 645. The third kappa shape index (κ3) is 5.53. The molecule has 2 rings (SSSR count). The summed E-state index contributed by atoms with van der Waals surface area (Å²) in [5, 5.41) is 6.15. The van der Waals surface area contributed by atoms with E-state index in [1.807, 2.05) is 24.3 Å². The molecule has 0 saturated heterocycles. The lowest BCUT2D eigenvalue weighted by molar-refractivity contribution is -0.274. The van der Waals surface area contributed by atoms with E-state index < -0.39 is 6.36 Å². The van der Waals surface area contributed by atoms with Gasteiger partial charge in [0.05, 0.1) is 0 Å². The van der Waals surface area contributed by atoms with Crippen molar-refractivity contribution in [3.05, 3.63) is 53.0 Å². The van der Waals surface area contributed by atoms with E-state index in [1.54, 1.807) is 0 Å². The van der Waals surface area contributed by atoms with Gasteiger partial charge in [0.15, 0.2) is 5.11 Å². The second-order valence-electron chi connectivity index (χ2n) is 4.16. The first-order valence-corrected chi connectivity index (χ1v) is 7.21. The molecule has 0 aliphatic heterocycles. The van der Waals surface area contributed by atoms with Gasteiger partial charge in [-0.25, -0.2) is 0 Å². The molecule has 0 fully saturated rings. The number of ether oxygens (including phenoxy) is 1. The Morgan fingerprint density at radius 2 is 1.36 bits per heavy atom. The molecular formula is C14H10BrF3N2OS. The zero-order valence-corrected chi connectivity index (χ0v) is 13.3. The largest absolute Gasteiger partial charge is 0.573 e. The van der Waals surface area contributed by atoms with E-state index in [-0.39, 0.29) is 5.75 Å². The zero-order chi connectivity index (χ0) is 16.2. The molecule has 2 aromatic rings. The Kier molecular flexibility index (Phi) is 5.25. The van der Waals surface area contributed by atoms with E-state index in [9.17, 15) is 13.2 Å². The molecule has 2 N–H and O–H groups in total. The maximum absolute atomic E-state index is 12.1. The van der Waals surface area contributed by atoms with Crippen LogP contribution in [-0.2, 0) is 0 Å². The summed E-state index contributed by atoms with van der Waals surface area (Å²) in [5.74, 6) is -0.287. The van der Waals surface area contributed by atoms with Gasteiger partial charge in [0.25, 0.3) is 0 Å². The predicted molar refractivity (Wildman–Crippen MR) is 87.1 cm³/mol. The molecule has 22 heavy (non-hydrogen) atoms. The molecule has 0 atom stereocenters. The lowest BCUT2D eigenvalue weighted by atomic mass is 10.3. The number of thiocarbonyl (C=S) groups is 1. The van der Waals surface area contributed by atoms with Crippen molar-refractivity contribution in [3.63, 3.8) is 0 Å². The number of nitrogens with one attached hydrogen (secondary N) is 2. The summed E-state index contributed by atoms with van der Waals surface area (Å²) in [6, 6.07) is 12.7. The first-order valence-electron chi connectivity index (χ1n) is 6.01. The number of alkyl halides is 3. The minimum atomic E-state index is -4.70. The second-order valence-corrected chi connectivity index (χ2v) is 5.48. The van der Waals surface area contributed by atoms with Gasteiger partial charge in [0.1, 0.15) is 5.75 Å². The predicted octanol–water partition coefficient (Wildman–Crippen LogP) is 5.16. The van der Waals surface area contributed by atoms with Gasteiger partial charge in [0, 0.05) is 15.8 Å². The maximum Gasteiger partial charge on any atom is 0.573 e. The van der Waals surface area contributed by atoms with E-state index in [0.29, 0.717) is 10.8 Å².